The van der Waals surface area contributed by atoms with E-state index in [1.807, 2.05) is 37.3 Å². The van der Waals surface area contributed by atoms with Crippen molar-refractivity contribution < 1.29 is 13.2 Å². The third-order valence-corrected chi connectivity index (χ3v) is 3.06. The zero-order valence-corrected chi connectivity index (χ0v) is 11.3. The maximum Gasteiger partial charge on any atom is 0.389 e. The van der Waals surface area contributed by atoms with E-state index in [9.17, 15) is 13.2 Å². The number of nitrogens with zero attached hydrogens (tertiary/aromatic N) is 1. The van der Waals surface area contributed by atoms with Crippen molar-refractivity contribution >= 4 is 10.9 Å². The molecule has 0 aliphatic heterocycles. The SMILES string of the molecule is Cc1cc(CNCCCC(F)(F)F)c2ccccc2n1. The van der Waals surface area contributed by atoms with E-state index in [1.165, 1.54) is 0 Å². The third kappa shape index (κ3) is 4.20. The van der Waals surface area contributed by atoms with E-state index in [-0.39, 0.29) is 6.42 Å². The van der Waals surface area contributed by atoms with Gasteiger partial charge in [0.05, 0.1) is 5.52 Å². The normalized spacial score (nSPS) is 12.0. The zero-order valence-electron chi connectivity index (χ0n) is 11.3. The van der Waals surface area contributed by atoms with Gasteiger partial charge in [-0.1, -0.05) is 18.2 Å². The second-order valence-electron chi connectivity index (χ2n) is 4.84. The van der Waals surface area contributed by atoms with Gasteiger partial charge >= 0.3 is 6.18 Å². The van der Waals surface area contributed by atoms with Crippen molar-refractivity contribution in [2.45, 2.75) is 32.5 Å². The van der Waals surface area contributed by atoms with E-state index >= 15 is 0 Å². The van der Waals surface area contributed by atoms with Crippen molar-refractivity contribution in [2.24, 2.45) is 0 Å². The number of benzene rings is 1. The van der Waals surface area contributed by atoms with Crippen LogP contribution in [0.2, 0.25) is 0 Å². The molecule has 2 aromatic rings. The number of pyridine rings is 1. The van der Waals surface area contributed by atoms with Crippen molar-refractivity contribution in [1.82, 2.24) is 10.3 Å². The Bertz CT molecular complexity index is 579. The first-order valence-corrected chi connectivity index (χ1v) is 6.58. The summed E-state index contributed by atoms with van der Waals surface area (Å²) in [7, 11) is 0. The van der Waals surface area contributed by atoms with Crippen LogP contribution in [0.5, 0.6) is 0 Å². The minimum absolute atomic E-state index is 0.103. The van der Waals surface area contributed by atoms with Crippen LogP contribution in [-0.4, -0.2) is 17.7 Å². The number of rotatable bonds is 5. The van der Waals surface area contributed by atoms with Crippen molar-refractivity contribution in [2.75, 3.05) is 6.54 Å². The fourth-order valence-electron chi connectivity index (χ4n) is 2.18. The van der Waals surface area contributed by atoms with Gasteiger partial charge in [0.1, 0.15) is 0 Å². The maximum absolute atomic E-state index is 12.0. The van der Waals surface area contributed by atoms with Gasteiger partial charge < -0.3 is 5.32 Å². The smallest absolute Gasteiger partial charge is 0.313 e. The van der Waals surface area contributed by atoms with Crippen LogP contribution in [0.3, 0.4) is 0 Å². The highest BCUT2D eigenvalue weighted by Crippen LogP contribution is 2.21. The molecule has 20 heavy (non-hydrogen) atoms. The van der Waals surface area contributed by atoms with E-state index in [0.717, 1.165) is 22.2 Å². The lowest BCUT2D eigenvalue weighted by molar-refractivity contribution is -0.135. The summed E-state index contributed by atoms with van der Waals surface area (Å²) in [6.07, 6.45) is -4.71. The molecule has 108 valence electrons. The van der Waals surface area contributed by atoms with Gasteiger partial charge in [-0.25, -0.2) is 0 Å². The lowest BCUT2D eigenvalue weighted by Crippen LogP contribution is -2.18. The average Bonchev–Trinajstić information content (AvgIpc) is 2.36. The van der Waals surface area contributed by atoms with Crippen LogP contribution in [0, 0.1) is 6.92 Å². The van der Waals surface area contributed by atoms with Gasteiger partial charge in [-0.05, 0) is 37.6 Å². The van der Waals surface area contributed by atoms with E-state index in [1.54, 1.807) is 0 Å². The minimum Gasteiger partial charge on any atom is -0.313 e. The summed E-state index contributed by atoms with van der Waals surface area (Å²) in [6, 6.07) is 9.75. The molecule has 0 aliphatic carbocycles. The Labute approximate surface area is 116 Å². The zero-order chi connectivity index (χ0) is 14.6. The molecule has 0 saturated carbocycles. The Hall–Kier alpha value is -1.62. The second kappa shape index (κ2) is 6.22. The van der Waals surface area contributed by atoms with Gasteiger partial charge in [-0.3, -0.25) is 4.98 Å². The maximum atomic E-state index is 12.0. The van der Waals surface area contributed by atoms with Gasteiger partial charge in [0.15, 0.2) is 0 Å². The molecule has 5 heteroatoms. The molecular formula is C15H17F3N2. The molecule has 1 aromatic heterocycles. The van der Waals surface area contributed by atoms with Gasteiger partial charge in [0.25, 0.3) is 0 Å². The highest BCUT2D eigenvalue weighted by molar-refractivity contribution is 5.82. The number of aryl methyl sites for hydroxylation is 1. The molecule has 0 spiro atoms. The van der Waals surface area contributed by atoms with Crippen molar-refractivity contribution in [3.05, 3.63) is 41.6 Å². The topological polar surface area (TPSA) is 24.9 Å². The van der Waals surface area contributed by atoms with E-state index < -0.39 is 12.6 Å². The molecule has 0 unspecified atom stereocenters. The van der Waals surface area contributed by atoms with E-state index in [0.29, 0.717) is 13.1 Å². The summed E-state index contributed by atoms with van der Waals surface area (Å²) >= 11 is 0. The van der Waals surface area contributed by atoms with Crippen LogP contribution < -0.4 is 5.32 Å². The molecule has 1 N–H and O–H groups in total. The Morgan fingerprint density at radius 3 is 2.70 bits per heavy atom. The first-order chi connectivity index (χ1) is 9.46. The first kappa shape index (κ1) is 14.8. The van der Waals surface area contributed by atoms with E-state index in [4.69, 9.17) is 0 Å². The van der Waals surface area contributed by atoms with Crippen LogP contribution in [0.15, 0.2) is 30.3 Å². The molecule has 0 radical (unpaired) electrons. The Morgan fingerprint density at radius 2 is 1.95 bits per heavy atom. The second-order valence-corrected chi connectivity index (χ2v) is 4.84. The molecule has 2 nitrogen and oxygen atoms in total. The molecule has 0 amide bonds. The lowest BCUT2D eigenvalue weighted by atomic mass is 10.1. The average molecular weight is 282 g/mol. The Morgan fingerprint density at radius 1 is 1.20 bits per heavy atom. The number of alkyl halides is 3. The van der Waals surface area contributed by atoms with Gasteiger partial charge in [0.2, 0.25) is 0 Å². The van der Waals surface area contributed by atoms with Crippen LogP contribution in [0.1, 0.15) is 24.1 Å². The van der Waals surface area contributed by atoms with Gasteiger partial charge in [0, 0.05) is 24.0 Å². The Kier molecular flexibility index (Phi) is 4.60. The van der Waals surface area contributed by atoms with E-state index in [2.05, 4.69) is 10.3 Å². The quantitative estimate of drug-likeness (QED) is 0.839. The minimum atomic E-state index is -4.07. The van der Waals surface area contributed by atoms with Crippen LogP contribution in [0.25, 0.3) is 10.9 Å². The molecule has 0 fully saturated rings. The van der Waals surface area contributed by atoms with Crippen LogP contribution in [-0.2, 0) is 6.54 Å². The number of aromatic nitrogens is 1. The number of fused-ring (bicyclic) bond motifs is 1. The van der Waals surface area contributed by atoms with Crippen molar-refractivity contribution in [3.63, 3.8) is 0 Å². The third-order valence-electron chi connectivity index (χ3n) is 3.06. The molecule has 1 aromatic carbocycles. The van der Waals surface area contributed by atoms with Gasteiger partial charge in [-0.2, -0.15) is 13.2 Å². The summed E-state index contributed by atoms with van der Waals surface area (Å²) in [5, 5.41) is 4.11. The summed E-state index contributed by atoms with van der Waals surface area (Å²) in [4.78, 5) is 4.44. The van der Waals surface area contributed by atoms with Crippen LogP contribution >= 0.6 is 0 Å². The molecule has 0 saturated heterocycles. The standard InChI is InChI=1S/C15H17F3N2/c1-11-9-12(10-19-8-4-7-15(16,17)18)13-5-2-3-6-14(13)20-11/h2-3,5-6,9,19H,4,7-8,10H2,1H3. The lowest BCUT2D eigenvalue weighted by Gasteiger charge is -2.10. The summed E-state index contributed by atoms with van der Waals surface area (Å²) in [5.41, 5.74) is 2.90. The molecule has 0 atom stereocenters. The fourth-order valence-corrected chi connectivity index (χ4v) is 2.18. The van der Waals surface area contributed by atoms with Crippen molar-refractivity contribution in [3.8, 4) is 0 Å². The highest BCUT2D eigenvalue weighted by Gasteiger charge is 2.25. The molecule has 2 rings (SSSR count). The predicted molar refractivity (Wildman–Crippen MR) is 73.5 cm³/mol. The molecule has 0 bridgehead atoms. The molecule has 0 aliphatic rings. The fraction of sp³-hybridized carbons (Fsp3) is 0.400. The number of nitrogens with one attached hydrogen (secondary N) is 1. The monoisotopic (exact) mass is 282 g/mol. The highest BCUT2D eigenvalue weighted by atomic mass is 19.4. The summed E-state index contributed by atoms with van der Waals surface area (Å²) in [5.74, 6) is 0. The molecular weight excluding hydrogens is 265 g/mol. The number of para-hydroxylation sites is 1. The van der Waals surface area contributed by atoms with Crippen LogP contribution in [0.4, 0.5) is 13.2 Å². The number of hydrogen-bond acceptors (Lipinski definition) is 2. The summed E-state index contributed by atoms with van der Waals surface area (Å²) in [6.45, 7) is 2.83. The number of halogens is 3. The first-order valence-electron chi connectivity index (χ1n) is 6.58. The van der Waals surface area contributed by atoms with Crippen molar-refractivity contribution in [1.29, 1.82) is 0 Å². The molecule has 1 heterocycles. The largest absolute Gasteiger partial charge is 0.389 e. The summed E-state index contributed by atoms with van der Waals surface area (Å²) < 4.78 is 36.1. The van der Waals surface area contributed by atoms with Gasteiger partial charge in [-0.15, -0.1) is 0 Å². The number of hydrogen-bond donors (Lipinski definition) is 1. The Balaban J connectivity index is 1.96. The predicted octanol–water partition coefficient (Wildman–Crippen LogP) is 3.98.